The first-order chi connectivity index (χ1) is 6.31. The predicted octanol–water partition coefficient (Wildman–Crippen LogP) is -0.474. The van der Waals surface area contributed by atoms with E-state index >= 15 is 0 Å². The molecule has 0 aliphatic carbocycles. The molecule has 0 radical (unpaired) electrons. The maximum Gasteiger partial charge on any atom is 0.278 e. The van der Waals surface area contributed by atoms with Crippen molar-refractivity contribution in [1.29, 1.82) is 0 Å². The molecule has 0 atom stereocenters. The number of rotatable bonds is 1. The highest BCUT2D eigenvalue weighted by molar-refractivity contribution is 5.76. The van der Waals surface area contributed by atoms with E-state index in [-0.39, 0.29) is 16.9 Å². The van der Waals surface area contributed by atoms with Crippen molar-refractivity contribution in [3.63, 3.8) is 0 Å². The number of nitrogens with zero attached hydrogens (tertiary/aromatic N) is 3. The highest BCUT2D eigenvalue weighted by Gasteiger charge is 2.02. The number of carbonyl (C=O) groups excluding carboxylic acids is 1. The van der Waals surface area contributed by atoms with Crippen LogP contribution in [0.5, 0.6) is 0 Å². The highest BCUT2D eigenvalue weighted by atomic mass is 16.1. The lowest BCUT2D eigenvalue weighted by Crippen LogP contribution is -2.10. The van der Waals surface area contributed by atoms with Crippen molar-refractivity contribution < 1.29 is 4.79 Å². The lowest BCUT2D eigenvalue weighted by atomic mass is 10.4. The van der Waals surface area contributed by atoms with Gasteiger partial charge in [0.1, 0.15) is 5.69 Å². The Balaban J connectivity index is 2.90. The summed E-state index contributed by atoms with van der Waals surface area (Å²) >= 11 is 0. The fraction of sp³-hybridized carbons (Fsp3) is 0. The molecule has 0 amide bonds. The molecule has 0 fully saturated rings. The molecule has 0 bridgehead atoms. The van der Waals surface area contributed by atoms with Gasteiger partial charge < -0.3 is 4.98 Å². The maximum atomic E-state index is 11.1. The number of aromatic nitrogens is 4. The largest absolute Gasteiger partial charge is 0.311 e. The Labute approximate surface area is 71.7 Å². The molecule has 0 unspecified atom stereocenters. The zero-order valence-corrected chi connectivity index (χ0v) is 6.39. The van der Waals surface area contributed by atoms with E-state index in [0.29, 0.717) is 6.29 Å². The lowest BCUT2D eigenvalue weighted by Gasteiger charge is -1.93. The van der Waals surface area contributed by atoms with Gasteiger partial charge in [-0.25, -0.2) is 15.0 Å². The van der Waals surface area contributed by atoms with Crippen LogP contribution in [0.4, 0.5) is 0 Å². The van der Waals surface area contributed by atoms with Gasteiger partial charge in [-0.1, -0.05) is 0 Å². The van der Waals surface area contributed by atoms with Gasteiger partial charge in [0.25, 0.3) is 5.56 Å². The molecule has 0 saturated carbocycles. The van der Waals surface area contributed by atoms with Gasteiger partial charge in [0.2, 0.25) is 0 Å². The molecular weight excluding hydrogens is 172 g/mol. The van der Waals surface area contributed by atoms with E-state index in [1.165, 1.54) is 12.5 Å². The smallest absolute Gasteiger partial charge is 0.278 e. The molecule has 0 aromatic carbocycles. The first kappa shape index (κ1) is 7.53. The van der Waals surface area contributed by atoms with E-state index in [4.69, 9.17) is 0 Å². The van der Waals surface area contributed by atoms with E-state index in [9.17, 15) is 9.59 Å². The average Bonchev–Trinajstić information content (AvgIpc) is 2.18. The van der Waals surface area contributed by atoms with Gasteiger partial charge in [0, 0.05) is 0 Å². The summed E-state index contributed by atoms with van der Waals surface area (Å²) in [7, 11) is 0. The molecule has 2 heterocycles. The molecule has 2 aromatic heterocycles. The third-order valence-electron chi connectivity index (χ3n) is 1.49. The average molecular weight is 176 g/mol. The van der Waals surface area contributed by atoms with Gasteiger partial charge in [0.05, 0.1) is 12.5 Å². The van der Waals surface area contributed by atoms with Crippen LogP contribution in [0.3, 0.4) is 0 Å². The second-order valence-electron chi connectivity index (χ2n) is 2.32. The second kappa shape index (κ2) is 2.74. The molecule has 64 valence electrons. The zero-order chi connectivity index (χ0) is 9.26. The Bertz CT molecular complexity index is 519. The predicted molar refractivity (Wildman–Crippen MR) is 43.3 cm³/mol. The molecule has 0 spiro atoms. The van der Waals surface area contributed by atoms with Crippen LogP contribution in [0.2, 0.25) is 0 Å². The third-order valence-corrected chi connectivity index (χ3v) is 1.49. The summed E-state index contributed by atoms with van der Waals surface area (Å²) in [5, 5.41) is 0. The number of H-pyrrole nitrogens is 1. The highest BCUT2D eigenvalue weighted by Crippen LogP contribution is 1.97. The molecule has 13 heavy (non-hydrogen) atoms. The molecule has 6 nitrogen and oxygen atoms in total. The van der Waals surface area contributed by atoms with Crippen molar-refractivity contribution in [2.75, 3.05) is 0 Å². The number of aromatic amines is 1. The summed E-state index contributed by atoms with van der Waals surface area (Å²) < 4.78 is 0. The van der Waals surface area contributed by atoms with Gasteiger partial charge in [-0.05, 0) is 0 Å². The van der Waals surface area contributed by atoms with Crippen LogP contribution in [0.1, 0.15) is 10.5 Å². The summed E-state index contributed by atoms with van der Waals surface area (Å²) in [6, 6.07) is 0. The number of fused-ring (bicyclic) bond motifs is 1. The summed E-state index contributed by atoms with van der Waals surface area (Å²) in [5.74, 6) is 0. The Morgan fingerprint density at radius 3 is 3.00 bits per heavy atom. The van der Waals surface area contributed by atoms with E-state index in [1.807, 2.05) is 0 Å². The minimum Gasteiger partial charge on any atom is -0.311 e. The fourth-order valence-electron chi connectivity index (χ4n) is 0.920. The van der Waals surface area contributed by atoms with E-state index in [1.54, 1.807) is 0 Å². The molecular formula is C7H4N4O2. The van der Waals surface area contributed by atoms with Crippen molar-refractivity contribution in [3.8, 4) is 0 Å². The molecule has 6 heteroatoms. The number of hydrogen-bond donors (Lipinski definition) is 1. The van der Waals surface area contributed by atoms with E-state index in [2.05, 4.69) is 19.9 Å². The molecule has 1 N–H and O–H groups in total. The molecule has 0 aliphatic heterocycles. The Morgan fingerprint density at radius 1 is 1.38 bits per heavy atom. The summed E-state index contributed by atoms with van der Waals surface area (Å²) in [6.45, 7) is 0. The van der Waals surface area contributed by atoms with Gasteiger partial charge >= 0.3 is 0 Å². The number of carbonyl (C=O) groups is 1. The first-order valence-corrected chi connectivity index (χ1v) is 3.47. The summed E-state index contributed by atoms with van der Waals surface area (Å²) in [6.07, 6.45) is 3.03. The summed E-state index contributed by atoms with van der Waals surface area (Å²) in [4.78, 5) is 35.1. The van der Waals surface area contributed by atoms with Crippen LogP contribution >= 0.6 is 0 Å². The van der Waals surface area contributed by atoms with Gasteiger partial charge in [-0.15, -0.1) is 0 Å². The van der Waals surface area contributed by atoms with Crippen LogP contribution in [-0.4, -0.2) is 26.2 Å². The minimum atomic E-state index is -0.402. The fourth-order valence-corrected chi connectivity index (χ4v) is 0.920. The van der Waals surface area contributed by atoms with Gasteiger partial charge in [0.15, 0.2) is 17.5 Å². The molecule has 0 aliphatic rings. The third kappa shape index (κ3) is 1.18. The minimum absolute atomic E-state index is 0.0760. The Kier molecular flexibility index (Phi) is 1.59. The van der Waals surface area contributed by atoms with Crippen LogP contribution < -0.4 is 5.56 Å². The van der Waals surface area contributed by atoms with Crippen LogP contribution in [0, 0.1) is 0 Å². The standard InChI is InChI=1S/C7H4N4O2/c12-2-4-1-8-6-5(11-4)7(13)10-3-9-6/h1-3H,(H,8,9,10,13). The quantitative estimate of drug-likeness (QED) is 0.593. The Morgan fingerprint density at radius 2 is 2.23 bits per heavy atom. The summed E-state index contributed by atoms with van der Waals surface area (Å²) in [5.41, 5.74) is 0.0219. The van der Waals surface area contributed by atoms with Gasteiger partial charge in [-0.3, -0.25) is 9.59 Å². The molecule has 0 saturated heterocycles. The monoisotopic (exact) mass is 176 g/mol. The van der Waals surface area contributed by atoms with Crippen molar-refractivity contribution in [2.45, 2.75) is 0 Å². The number of aldehydes is 1. The van der Waals surface area contributed by atoms with Crippen molar-refractivity contribution in [3.05, 3.63) is 28.6 Å². The van der Waals surface area contributed by atoms with Crippen LogP contribution in [0.25, 0.3) is 11.2 Å². The van der Waals surface area contributed by atoms with Crippen LogP contribution in [-0.2, 0) is 0 Å². The lowest BCUT2D eigenvalue weighted by molar-refractivity contribution is 0.111. The van der Waals surface area contributed by atoms with Crippen LogP contribution in [0.15, 0.2) is 17.3 Å². The van der Waals surface area contributed by atoms with Crippen molar-refractivity contribution >= 4 is 17.5 Å². The van der Waals surface area contributed by atoms with Gasteiger partial charge in [-0.2, -0.15) is 0 Å². The van der Waals surface area contributed by atoms with E-state index in [0.717, 1.165) is 0 Å². The van der Waals surface area contributed by atoms with Crippen molar-refractivity contribution in [1.82, 2.24) is 19.9 Å². The SMILES string of the molecule is O=Cc1cnc2nc[nH]c(=O)c2n1. The molecule has 2 aromatic rings. The Hall–Kier alpha value is -2.11. The number of nitrogens with one attached hydrogen (secondary N) is 1. The second-order valence-corrected chi connectivity index (χ2v) is 2.32. The topological polar surface area (TPSA) is 88.6 Å². The normalized spacial score (nSPS) is 10.2. The number of hydrogen-bond acceptors (Lipinski definition) is 5. The zero-order valence-electron chi connectivity index (χ0n) is 6.39. The maximum absolute atomic E-state index is 11.1. The first-order valence-electron chi connectivity index (χ1n) is 3.47. The van der Waals surface area contributed by atoms with Crippen molar-refractivity contribution in [2.24, 2.45) is 0 Å². The molecule has 2 rings (SSSR count). The van der Waals surface area contributed by atoms with E-state index < -0.39 is 5.56 Å².